The lowest BCUT2D eigenvalue weighted by molar-refractivity contribution is 0.0509. The number of hydrogen-bond donors (Lipinski definition) is 1. The second-order valence-corrected chi connectivity index (χ2v) is 4.22. The van der Waals surface area contributed by atoms with Gasteiger partial charge in [-0.05, 0) is 18.2 Å². The van der Waals surface area contributed by atoms with Crippen LogP contribution >= 0.6 is 23.2 Å². The van der Waals surface area contributed by atoms with E-state index in [1.54, 1.807) is 38.7 Å². The highest BCUT2D eigenvalue weighted by Crippen LogP contribution is 2.29. The van der Waals surface area contributed by atoms with Crippen LogP contribution in [0.5, 0.6) is 5.75 Å². The monoisotopic (exact) mass is 302 g/mol. The fraction of sp³-hybridized carbons (Fsp3) is 0.308. The van der Waals surface area contributed by atoms with E-state index in [1.165, 1.54) is 0 Å². The van der Waals surface area contributed by atoms with Gasteiger partial charge in [0.15, 0.2) is 6.79 Å². The number of nitrogens with zero attached hydrogens (tertiary/aromatic N) is 1. The summed E-state index contributed by atoms with van der Waals surface area (Å²) in [7, 11) is 3.35. The summed E-state index contributed by atoms with van der Waals surface area (Å²) in [6.45, 7) is 0.138. The van der Waals surface area contributed by atoms with Gasteiger partial charge in [0.25, 0.3) is 0 Å². The number of alkyl halides is 1. The van der Waals surface area contributed by atoms with Crippen molar-refractivity contribution in [1.29, 1.82) is 0 Å². The van der Waals surface area contributed by atoms with Crippen molar-refractivity contribution in [1.82, 2.24) is 5.32 Å². The van der Waals surface area contributed by atoms with E-state index >= 15 is 0 Å². The predicted octanol–water partition coefficient (Wildman–Crippen LogP) is 3.15. The van der Waals surface area contributed by atoms with Crippen LogP contribution in [-0.2, 0) is 4.74 Å². The maximum Gasteiger partial charge on any atom is 0.188 e. The molecular weight excluding hydrogens is 287 g/mol. The molecule has 0 aliphatic rings. The quantitative estimate of drug-likeness (QED) is 0.478. The lowest BCUT2D eigenvalue weighted by atomic mass is 10.1. The molecule has 1 N–H and O–H groups in total. The Morgan fingerprint density at radius 3 is 2.89 bits per heavy atom. The smallest absolute Gasteiger partial charge is 0.188 e. The summed E-state index contributed by atoms with van der Waals surface area (Å²) in [4.78, 5) is 4.28. The Balaban J connectivity index is 3.13. The molecule has 4 nitrogen and oxygen atoms in total. The minimum atomic E-state index is 0.138. The van der Waals surface area contributed by atoms with Gasteiger partial charge in [-0.25, -0.2) is 0 Å². The molecule has 1 rings (SSSR count). The SMILES string of the molecule is CN/C=C(\N=CCCl)c1ccc(Cl)cc1OCOC. The summed E-state index contributed by atoms with van der Waals surface area (Å²) < 4.78 is 10.4. The lowest BCUT2D eigenvalue weighted by Gasteiger charge is -2.11. The highest BCUT2D eigenvalue weighted by atomic mass is 35.5. The number of halogens is 2. The molecule has 0 atom stereocenters. The normalized spacial score (nSPS) is 11.9. The average Bonchev–Trinajstić information content (AvgIpc) is 2.41. The zero-order chi connectivity index (χ0) is 14.1. The van der Waals surface area contributed by atoms with Crippen LogP contribution in [0.3, 0.4) is 0 Å². The molecule has 0 unspecified atom stereocenters. The van der Waals surface area contributed by atoms with Crippen molar-refractivity contribution in [2.24, 2.45) is 4.99 Å². The summed E-state index contributed by atoms with van der Waals surface area (Å²) in [5, 5.41) is 3.52. The molecule has 0 saturated carbocycles. The summed E-state index contributed by atoms with van der Waals surface area (Å²) in [6.07, 6.45) is 3.37. The second kappa shape index (κ2) is 8.80. The molecule has 0 radical (unpaired) electrons. The number of methoxy groups -OCH3 is 1. The van der Waals surface area contributed by atoms with Gasteiger partial charge in [-0.1, -0.05) is 11.6 Å². The van der Waals surface area contributed by atoms with Gasteiger partial charge in [0.05, 0.1) is 11.6 Å². The van der Waals surface area contributed by atoms with E-state index in [0.717, 1.165) is 5.56 Å². The first-order valence-corrected chi connectivity index (χ1v) is 6.51. The molecule has 104 valence electrons. The van der Waals surface area contributed by atoms with Gasteiger partial charge in [-0.15, -0.1) is 11.6 Å². The molecule has 0 aliphatic heterocycles. The molecule has 0 aliphatic carbocycles. The molecular formula is C13H16Cl2N2O2. The third kappa shape index (κ3) is 5.11. The third-order valence-electron chi connectivity index (χ3n) is 2.13. The number of rotatable bonds is 7. The van der Waals surface area contributed by atoms with Gasteiger partial charge in [0, 0.05) is 37.2 Å². The molecule has 6 heteroatoms. The Hall–Kier alpha value is -1.23. The Morgan fingerprint density at radius 2 is 2.26 bits per heavy atom. The van der Waals surface area contributed by atoms with Crippen molar-refractivity contribution in [2.45, 2.75) is 0 Å². The van der Waals surface area contributed by atoms with Crippen molar-refractivity contribution in [2.75, 3.05) is 26.8 Å². The topological polar surface area (TPSA) is 42.9 Å². The van der Waals surface area contributed by atoms with Gasteiger partial charge < -0.3 is 14.8 Å². The Kier molecular flexibility index (Phi) is 7.33. The van der Waals surface area contributed by atoms with Crippen LogP contribution in [0.25, 0.3) is 5.70 Å². The summed E-state index contributed by atoms with van der Waals surface area (Å²) in [6, 6.07) is 5.33. The van der Waals surface area contributed by atoms with Crippen molar-refractivity contribution >= 4 is 35.1 Å². The predicted molar refractivity (Wildman–Crippen MR) is 80.2 cm³/mol. The maximum absolute atomic E-state index is 5.97. The van der Waals surface area contributed by atoms with Crippen LogP contribution < -0.4 is 10.1 Å². The van der Waals surface area contributed by atoms with Crippen LogP contribution in [0.1, 0.15) is 5.56 Å². The first-order valence-electron chi connectivity index (χ1n) is 5.60. The Bertz CT molecular complexity index is 462. The van der Waals surface area contributed by atoms with Crippen LogP contribution in [0.15, 0.2) is 29.4 Å². The summed E-state index contributed by atoms with van der Waals surface area (Å²) in [5.74, 6) is 0.936. The standard InChI is InChI=1S/C13H16Cl2N2O2/c1-16-8-12(17-6-5-14)11-4-3-10(15)7-13(11)19-9-18-2/h3-4,6-8,16H,5,9H2,1-2H3/b12-8-,17-6?. The number of hydrogen-bond acceptors (Lipinski definition) is 4. The third-order valence-corrected chi connectivity index (χ3v) is 2.51. The van der Waals surface area contributed by atoms with E-state index in [0.29, 0.717) is 22.3 Å². The van der Waals surface area contributed by atoms with Crippen LogP contribution in [0.2, 0.25) is 5.02 Å². The zero-order valence-electron chi connectivity index (χ0n) is 10.8. The minimum absolute atomic E-state index is 0.138. The number of ether oxygens (including phenoxy) is 2. The highest BCUT2D eigenvalue weighted by Gasteiger charge is 2.09. The molecule has 0 amide bonds. The van der Waals surface area contributed by atoms with Gasteiger partial charge in [0.1, 0.15) is 5.75 Å². The molecule has 19 heavy (non-hydrogen) atoms. The van der Waals surface area contributed by atoms with Gasteiger partial charge in [-0.2, -0.15) is 0 Å². The van der Waals surface area contributed by atoms with Gasteiger partial charge in [0.2, 0.25) is 0 Å². The van der Waals surface area contributed by atoms with E-state index < -0.39 is 0 Å². The number of benzene rings is 1. The second-order valence-electron chi connectivity index (χ2n) is 3.48. The molecule has 0 spiro atoms. The fourth-order valence-corrected chi connectivity index (χ4v) is 1.63. The average molecular weight is 303 g/mol. The molecule has 0 heterocycles. The summed E-state index contributed by atoms with van der Waals surface area (Å²) >= 11 is 11.6. The minimum Gasteiger partial charge on any atom is -0.467 e. The first kappa shape index (κ1) is 15.8. The first-order chi connectivity index (χ1) is 9.22. The molecule has 1 aromatic rings. The Labute approximate surface area is 123 Å². The van der Waals surface area contributed by atoms with Crippen molar-refractivity contribution in [3.05, 3.63) is 35.0 Å². The van der Waals surface area contributed by atoms with E-state index in [1.807, 2.05) is 6.07 Å². The van der Waals surface area contributed by atoms with E-state index in [9.17, 15) is 0 Å². The lowest BCUT2D eigenvalue weighted by Crippen LogP contribution is -2.03. The zero-order valence-corrected chi connectivity index (χ0v) is 12.3. The van der Waals surface area contributed by atoms with Crippen LogP contribution in [0.4, 0.5) is 0 Å². The van der Waals surface area contributed by atoms with Gasteiger partial charge >= 0.3 is 0 Å². The number of nitrogens with one attached hydrogen (secondary N) is 1. The fourth-order valence-electron chi connectivity index (χ4n) is 1.40. The highest BCUT2D eigenvalue weighted by molar-refractivity contribution is 6.30. The molecule has 0 aromatic heterocycles. The Morgan fingerprint density at radius 1 is 1.47 bits per heavy atom. The largest absolute Gasteiger partial charge is 0.467 e. The van der Waals surface area contributed by atoms with Gasteiger partial charge in [-0.3, -0.25) is 4.99 Å². The van der Waals surface area contributed by atoms with Crippen molar-refractivity contribution in [3.8, 4) is 5.75 Å². The molecule has 1 aromatic carbocycles. The van der Waals surface area contributed by atoms with E-state index in [2.05, 4.69) is 10.3 Å². The van der Waals surface area contributed by atoms with Crippen LogP contribution in [0, 0.1) is 0 Å². The van der Waals surface area contributed by atoms with Crippen molar-refractivity contribution in [3.63, 3.8) is 0 Å². The summed E-state index contributed by atoms with van der Waals surface area (Å²) in [5.41, 5.74) is 1.50. The van der Waals surface area contributed by atoms with E-state index in [4.69, 9.17) is 32.7 Å². The molecule has 0 fully saturated rings. The molecule has 0 saturated heterocycles. The van der Waals surface area contributed by atoms with Crippen LogP contribution in [-0.4, -0.2) is 33.0 Å². The maximum atomic E-state index is 5.97. The molecule has 0 bridgehead atoms. The van der Waals surface area contributed by atoms with Crippen molar-refractivity contribution < 1.29 is 9.47 Å². The van der Waals surface area contributed by atoms with E-state index in [-0.39, 0.29) is 6.79 Å². The number of aliphatic imine (C=N–C) groups is 1.